The summed E-state index contributed by atoms with van der Waals surface area (Å²) in [6, 6.07) is 58.3. The molecule has 49 heavy (non-hydrogen) atoms. The van der Waals surface area contributed by atoms with Crippen LogP contribution in [0.15, 0.2) is 152 Å². The van der Waals surface area contributed by atoms with Gasteiger partial charge < -0.3 is 0 Å². The highest BCUT2D eigenvalue weighted by Crippen LogP contribution is 2.60. The SMILES string of the molecule is Cc1cc(-c2ccc3c(c2)C2(CCc4ccccc42)c2ccccc2-3)cc(-c2ccc3c(c2)C2(CCc4ccccc42)c2ccccc2-3)c1. The average molecular weight is 625 g/mol. The van der Waals surface area contributed by atoms with Crippen molar-refractivity contribution in [3.8, 4) is 44.5 Å². The minimum Gasteiger partial charge on any atom is -0.0620 e. The summed E-state index contributed by atoms with van der Waals surface area (Å²) in [6.07, 6.45) is 4.50. The van der Waals surface area contributed by atoms with E-state index in [-0.39, 0.29) is 10.8 Å². The van der Waals surface area contributed by atoms with Crippen molar-refractivity contribution in [3.63, 3.8) is 0 Å². The molecule has 0 aromatic heterocycles. The molecule has 11 rings (SSSR count). The molecule has 0 aliphatic heterocycles. The van der Waals surface area contributed by atoms with Crippen molar-refractivity contribution in [2.45, 2.75) is 43.4 Å². The van der Waals surface area contributed by atoms with E-state index in [9.17, 15) is 0 Å². The van der Waals surface area contributed by atoms with Gasteiger partial charge in [0, 0.05) is 10.8 Å². The Morgan fingerprint density at radius 1 is 0.347 bits per heavy atom. The van der Waals surface area contributed by atoms with Gasteiger partial charge in [-0.15, -0.1) is 0 Å². The van der Waals surface area contributed by atoms with E-state index < -0.39 is 0 Å². The molecule has 0 saturated heterocycles. The number of benzene rings is 7. The van der Waals surface area contributed by atoms with E-state index in [0.717, 1.165) is 25.7 Å². The summed E-state index contributed by atoms with van der Waals surface area (Å²) >= 11 is 0. The number of rotatable bonds is 2. The van der Waals surface area contributed by atoms with Crippen molar-refractivity contribution in [1.82, 2.24) is 0 Å². The highest BCUT2D eigenvalue weighted by Gasteiger charge is 2.49. The smallest absolute Gasteiger partial charge is 0.0469 e. The topological polar surface area (TPSA) is 0 Å². The van der Waals surface area contributed by atoms with Crippen LogP contribution in [0.4, 0.5) is 0 Å². The van der Waals surface area contributed by atoms with Gasteiger partial charge in [0.25, 0.3) is 0 Å². The van der Waals surface area contributed by atoms with Gasteiger partial charge in [-0.05, 0) is 145 Å². The first kappa shape index (κ1) is 27.5. The molecule has 0 nitrogen and oxygen atoms in total. The first-order chi connectivity index (χ1) is 24.1. The summed E-state index contributed by atoms with van der Waals surface area (Å²) in [5, 5.41) is 0. The van der Waals surface area contributed by atoms with Gasteiger partial charge in [0.15, 0.2) is 0 Å². The second-order valence-electron chi connectivity index (χ2n) is 14.8. The molecule has 4 aliphatic carbocycles. The Kier molecular flexibility index (Phi) is 5.50. The molecule has 2 unspecified atom stereocenters. The molecule has 4 aliphatic rings. The molecule has 7 aromatic rings. The molecule has 2 spiro atoms. The largest absolute Gasteiger partial charge is 0.0620 e. The first-order valence-corrected chi connectivity index (χ1v) is 17.9. The Balaban J connectivity index is 1.06. The van der Waals surface area contributed by atoms with Gasteiger partial charge in [0.1, 0.15) is 0 Å². The van der Waals surface area contributed by atoms with Crippen LogP contribution in [0.5, 0.6) is 0 Å². The second-order valence-corrected chi connectivity index (χ2v) is 14.8. The van der Waals surface area contributed by atoms with Gasteiger partial charge >= 0.3 is 0 Å². The van der Waals surface area contributed by atoms with E-state index in [1.807, 2.05) is 0 Å². The monoisotopic (exact) mass is 624 g/mol. The standard InChI is InChI=1S/C49H36/c1-31-26-36(34-18-20-40-38-12-4-8-16-44(38)48(46(40)29-34)24-22-32-10-2-6-14-42(32)48)28-37(27-31)35-19-21-41-39-13-5-9-17-45(39)49(47(41)30-35)25-23-33-11-3-7-15-43(33)49/h2-21,26-30H,22-25H2,1H3. The lowest BCUT2D eigenvalue weighted by Crippen LogP contribution is -2.23. The summed E-state index contributed by atoms with van der Waals surface area (Å²) in [5.41, 5.74) is 23.8. The summed E-state index contributed by atoms with van der Waals surface area (Å²) in [6.45, 7) is 2.25. The van der Waals surface area contributed by atoms with Crippen molar-refractivity contribution in [3.05, 3.63) is 202 Å². The van der Waals surface area contributed by atoms with Crippen LogP contribution in [0, 0.1) is 6.92 Å². The zero-order valence-corrected chi connectivity index (χ0v) is 27.8. The van der Waals surface area contributed by atoms with E-state index in [1.165, 1.54) is 94.6 Å². The number of hydrogen-bond acceptors (Lipinski definition) is 0. The minimum absolute atomic E-state index is 0.0773. The molecule has 0 amide bonds. The van der Waals surface area contributed by atoms with Crippen LogP contribution in [0.2, 0.25) is 0 Å². The molecular formula is C49H36. The maximum Gasteiger partial charge on any atom is 0.0469 e. The number of aryl methyl sites for hydroxylation is 3. The van der Waals surface area contributed by atoms with Crippen LogP contribution in [-0.2, 0) is 23.7 Å². The van der Waals surface area contributed by atoms with Crippen molar-refractivity contribution >= 4 is 0 Å². The Bertz CT molecular complexity index is 2360. The summed E-state index contributed by atoms with van der Waals surface area (Å²) in [7, 11) is 0. The normalized spacial score (nSPS) is 20.2. The van der Waals surface area contributed by atoms with E-state index in [4.69, 9.17) is 0 Å². The van der Waals surface area contributed by atoms with Crippen molar-refractivity contribution < 1.29 is 0 Å². The zero-order chi connectivity index (χ0) is 32.3. The van der Waals surface area contributed by atoms with E-state index >= 15 is 0 Å². The van der Waals surface area contributed by atoms with E-state index in [2.05, 4.69) is 159 Å². The Morgan fingerprint density at radius 3 is 1.24 bits per heavy atom. The molecule has 232 valence electrons. The second kappa shape index (κ2) is 9.80. The fraction of sp³-hybridized carbons (Fsp3) is 0.143. The van der Waals surface area contributed by atoms with Gasteiger partial charge in [0.2, 0.25) is 0 Å². The molecule has 0 fully saturated rings. The molecule has 0 heteroatoms. The summed E-state index contributed by atoms with van der Waals surface area (Å²) in [5.74, 6) is 0. The third-order valence-electron chi connectivity index (χ3n) is 12.5. The van der Waals surface area contributed by atoms with Crippen LogP contribution in [0.1, 0.15) is 62.9 Å². The van der Waals surface area contributed by atoms with Gasteiger partial charge in [0.05, 0.1) is 0 Å². The van der Waals surface area contributed by atoms with E-state index in [0.29, 0.717) is 0 Å². The predicted octanol–water partition coefficient (Wildman–Crippen LogP) is 11.9. The van der Waals surface area contributed by atoms with Gasteiger partial charge in [-0.25, -0.2) is 0 Å². The summed E-state index contributed by atoms with van der Waals surface area (Å²) in [4.78, 5) is 0. The Morgan fingerprint density at radius 2 is 0.755 bits per heavy atom. The average Bonchev–Trinajstić information content (AvgIpc) is 3.89. The first-order valence-electron chi connectivity index (χ1n) is 17.9. The maximum atomic E-state index is 2.53. The Labute approximate surface area is 288 Å². The zero-order valence-electron chi connectivity index (χ0n) is 27.8. The van der Waals surface area contributed by atoms with Crippen LogP contribution in [0.3, 0.4) is 0 Å². The van der Waals surface area contributed by atoms with Gasteiger partial charge in [-0.1, -0.05) is 133 Å². The highest BCUT2D eigenvalue weighted by molar-refractivity contribution is 5.89. The third kappa shape index (κ3) is 3.54. The van der Waals surface area contributed by atoms with Crippen LogP contribution >= 0.6 is 0 Å². The molecule has 0 bridgehead atoms. The quantitative estimate of drug-likeness (QED) is 0.180. The fourth-order valence-corrected chi connectivity index (χ4v) is 10.6. The summed E-state index contributed by atoms with van der Waals surface area (Å²) < 4.78 is 0. The van der Waals surface area contributed by atoms with Gasteiger partial charge in [-0.2, -0.15) is 0 Å². The Hall–Kier alpha value is -5.46. The van der Waals surface area contributed by atoms with E-state index in [1.54, 1.807) is 0 Å². The number of hydrogen-bond donors (Lipinski definition) is 0. The lowest BCUT2D eigenvalue weighted by molar-refractivity contribution is 0.626. The molecule has 0 radical (unpaired) electrons. The minimum atomic E-state index is -0.0773. The van der Waals surface area contributed by atoms with Crippen molar-refractivity contribution in [2.75, 3.05) is 0 Å². The third-order valence-corrected chi connectivity index (χ3v) is 12.5. The molecular weight excluding hydrogens is 589 g/mol. The van der Waals surface area contributed by atoms with Gasteiger partial charge in [-0.3, -0.25) is 0 Å². The van der Waals surface area contributed by atoms with Crippen LogP contribution in [-0.4, -0.2) is 0 Å². The molecule has 0 heterocycles. The van der Waals surface area contributed by atoms with Crippen molar-refractivity contribution in [2.24, 2.45) is 0 Å². The molecule has 2 atom stereocenters. The fourth-order valence-electron chi connectivity index (χ4n) is 10.6. The maximum absolute atomic E-state index is 2.53. The number of fused-ring (bicyclic) bond motifs is 14. The molecule has 0 N–H and O–H groups in total. The molecule has 0 saturated carbocycles. The molecule has 7 aromatic carbocycles. The highest BCUT2D eigenvalue weighted by atomic mass is 14.5. The van der Waals surface area contributed by atoms with Crippen LogP contribution < -0.4 is 0 Å². The lowest BCUT2D eigenvalue weighted by Gasteiger charge is -2.29. The lowest BCUT2D eigenvalue weighted by atomic mass is 9.73. The van der Waals surface area contributed by atoms with Crippen LogP contribution in [0.25, 0.3) is 44.5 Å². The van der Waals surface area contributed by atoms with Crippen molar-refractivity contribution in [1.29, 1.82) is 0 Å². The predicted molar refractivity (Wildman–Crippen MR) is 202 cm³/mol.